The number of Topliss-reactive ketones (excluding diaryl/α,β-unsaturated/α-hetero) is 1. The molecule has 0 saturated heterocycles. The van der Waals surface area contributed by atoms with E-state index in [9.17, 15) is 4.79 Å². The fraction of sp³-hybridized carbons (Fsp3) is 0.435. The van der Waals surface area contributed by atoms with Crippen molar-refractivity contribution < 1.29 is 19.0 Å². The summed E-state index contributed by atoms with van der Waals surface area (Å²) in [6.45, 7) is 3.13. The van der Waals surface area contributed by atoms with Crippen LogP contribution < -0.4 is 14.2 Å². The number of carbonyl (C=O) groups excluding carboxylic acids is 1. The van der Waals surface area contributed by atoms with E-state index in [0.29, 0.717) is 35.1 Å². The van der Waals surface area contributed by atoms with E-state index in [-0.39, 0.29) is 18.5 Å². The lowest BCUT2D eigenvalue weighted by Crippen LogP contribution is -2.17. The van der Waals surface area contributed by atoms with Gasteiger partial charge in [0.25, 0.3) is 0 Å². The summed E-state index contributed by atoms with van der Waals surface area (Å²) in [5.74, 6) is 2.12. The van der Waals surface area contributed by atoms with Crippen LogP contribution in [0.1, 0.15) is 36.0 Å². The summed E-state index contributed by atoms with van der Waals surface area (Å²) in [4.78, 5) is 14.9. The number of halogens is 1. The highest BCUT2D eigenvalue weighted by Crippen LogP contribution is 2.48. The third-order valence-electron chi connectivity index (χ3n) is 5.15. The number of ketones is 1. The van der Waals surface area contributed by atoms with Crippen LogP contribution in [0.15, 0.2) is 30.3 Å². The van der Waals surface area contributed by atoms with Crippen molar-refractivity contribution in [2.24, 2.45) is 0 Å². The Morgan fingerprint density at radius 2 is 2.00 bits per heavy atom. The van der Waals surface area contributed by atoms with Crippen LogP contribution in [0.4, 0.5) is 0 Å². The van der Waals surface area contributed by atoms with Crippen molar-refractivity contribution in [3.05, 3.63) is 52.0 Å². The van der Waals surface area contributed by atoms with Crippen LogP contribution in [-0.2, 0) is 17.6 Å². The molecule has 2 aromatic rings. The van der Waals surface area contributed by atoms with Crippen molar-refractivity contribution in [1.82, 2.24) is 4.90 Å². The van der Waals surface area contributed by atoms with Gasteiger partial charge in [0.1, 0.15) is 5.78 Å². The SMILES string of the molecule is COc1c2c(cc(CCN(C)C)c1C(C)CC(=O)Cc1ccccc1Cl)OCO2. The number of benzene rings is 2. The second-order valence-corrected chi connectivity index (χ2v) is 8.09. The molecule has 6 heteroatoms. The number of hydrogen-bond acceptors (Lipinski definition) is 5. The first kappa shape index (κ1) is 21.5. The minimum absolute atomic E-state index is 0.0217. The number of ether oxygens (including phenoxy) is 3. The monoisotopic (exact) mass is 417 g/mol. The molecule has 3 rings (SSSR count). The molecule has 1 heterocycles. The molecule has 1 unspecified atom stereocenters. The minimum atomic E-state index is -0.0217. The zero-order chi connectivity index (χ0) is 21.0. The minimum Gasteiger partial charge on any atom is -0.492 e. The third kappa shape index (κ3) is 5.03. The Labute approximate surface area is 177 Å². The molecule has 0 aromatic heterocycles. The van der Waals surface area contributed by atoms with Gasteiger partial charge < -0.3 is 19.1 Å². The van der Waals surface area contributed by atoms with Crippen LogP contribution >= 0.6 is 11.6 Å². The van der Waals surface area contributed by atoms with Crippen LogP contribution in [0, 0.1) is 0 Å². The summed E-state index contributed by atoms with van der Waals surface area (Å²) >= 11 is 6.22. The highest BCUT2D eigenvalue weighted by atomic mass is 35.5. The smallest absolute Gasteiger partial charge is 0.231 e. The van der Waals surface area contributed by atoms with E-state index in [4.69, 9.17) is 25.8 Å². The first-order valence-corrected chi connectivity index (χ1v) is 10.2. The van der Waals surface area contributed by atoms with Crippen LogP contribution in [0.3, 0.4) is 0 Å². The summed E-state index contributed by atoms with van der Waals surface area (Å²) in [7, 11) is 5.72. The second kappa shape index (κ2) is 9.51. The average Bonchev–Trinajstić information content (AvgIpc) is 3.15. The third-order valence-corrected chi connectivity index (χ3v) is 5.52. The molecule has 1 atom stereocenters. The number of fused-ring (bicyclic) bond motifs is 1. The summed E-state index contributed by atoms with van der Waals surface area (Å²) in [5, 5.41) is 0.626. The molecule has 29 heavy (non-hydrogen) atoms. The van der Waals surface area contributed by atoms with Crippen molar-refractivity contribution in [1.29, 1.82) is 0 Å². The van der Waals surface area contributed by atoms with Crippen molar-refractivity contribution in [2.75, 3.05) is 34.5 Å². The van der Waals surface area contributed by atoms with Gasteiger partial charge in [-0.15, -0.1) is 0 Å². The Balaban J connectivity index is 1.87. The maximum atomic E-state index is 12.8. The molecule has 0 bridgehead atoms. The molecule has 0 saturated carbocycles. The van der Waals surface area contributed by atoms with E-state index in [1.165, 1.54) is 0 Å². The van der Waals surface area contributed by atoms with Gasteiger partial charge in [0.2, 0.25) is 12.5 Å². The van der Waals surface area contributed by atoms with Crippen molar-refractivity contribution in [2.45, 2.75) is 32.1 Å². The Hall–Kier alpha value is -2.24. The lowest BCUT2D eigenvalue weighted by molar-refractivity contribution is -0.118. The normalized spacial score (nSPS) is 13.6. The molecule has 1 aliphatic rings. The molecule has 0 fully saturated rings. The fourth-order valence-corrected chi connectivity index (χ4v) is 3.94. The number of methoxy groups -OCH3 is 1. The van der Waals surface area contributed by atoms with Gasteiger partial charge >= 0.3 is 0 Å². The molecule has 0 aliphatic carbocycles. The zero-order valence-corrected chi connectivity index (χ0v) is 18.2. The maximum Gasteiger partial charge on any atom is 0.231 e. The van der Waals surface area contributed by atoms with Crippen molar-refractivity contribution in [3.63, 3.8) is 0 Å². The van der Waals surface area contributed by atoms with E-state index < -0.39 is 0 Å². The van der Waals surface area contributed by atoms with Gasteiger partial charge in [-0.25, -0.2) is 0 Å². The van der Waals surface area contributed by atoms with E-state index >= 15 is 0 Å². The van der Waals surface area contributed by atoms with Crippen LogP contribution in [0.2, 0.25) is 5.02 Å². The highest BCUT2D eigenvalue weighted by Gasteiger charge is 2.28. The Kier molecular flexibility index (Phi) is 7.04. The molecule has 0 radical (unpaired) electrons. The Morgan fingerprint density at radius 3 is 2.69 bits per heavy atom. The molecular weight excluding hydrogens is 390 g/mol. The van der Waals surface area contributed by atoms with Gasteiger partial charge in [0.15, 0.2) is 11.5 Å². The van der Waals surface area contributed by atoms with E-state index in [2.05, 4.69) is 11.8 Å². The predicted molar refractivity (Wildman–Crippen MR) is 115 cm³/mol. The zero-order valence-electron chi connectivity index (χ0n) is 17.5. The fourth-order valence-electron chi connectivity index (χ4n) is 3.74. The van der Waals surface area contributed by atoms with E-state index in [1.54, 1.807) is 7.11 Å². The summed E-state index contributed by atoms with van der Waals surface area (Å²) in [6, 6.07) is 9.51. The molecule has 1 aliphatic heterocycles. The lowest BCUT2D eigenvalue weighted by atomic mass is 9.87. The van der Waals surface area contributed by atoms with E-state index in [1.807, 2.05) is 44.4 Å². The number of carbonyl (C=O) groups is 1. The van der Waals surface area contributed by atoms with Gasteiger partial charge in [0, 0.05) is 30.0 Å². The molecule has 2 aromatic carbocycles. The largest absolute Gasteiger partial charge is 0.492 e. The molecule has 0 amide bonds. The van der Waals surface area contributed by atoms with Crippen LogP contribution in [-0.4, -0.2) is 45.2 Å². The number of likely N-dealkylation sites (N-methyl/N-ethyl adjacent to an activating group) is 1. The molecule has 156 valence electrons. The van der Waals surface area contributed by atoms with Gasteiger partial charge in [-0.05, 0) is 49.7 Å². The average molecular weight is 418 g/mol. The molecule has 5 nitrogen and oxygen atoms in total. The number of rotatable bonds is 9. The first-order chi connectivity index (χ1) is 13.9. The van der Waals surface area contributed by atoms with Crippen molar-refractivity contribution in [3.8, 4) is 17.2 Å². The second-order valence-electron chi connectivity index (χ2n) is 7.68. The molecular formula is C23H28ClNO4. The first-order valence-electron chi connectivity index (χ1n) is 9.79. The van der Waals surface area contributed by atoms with Gasteiger partial charge in [-0.2, -0.15) is 0 Å². The summed E-state index contributed by atoms with van der Waals surface area (Å²) in [6.07, 6.45) is 1.55. The maximum absolute atomic E-state index is 12.8. The van der Waals surface area contributed by atoms with Crippen LogP contribution in [0.5, 0.6) is 17.2 Å². The van der Waals surface area contributed by atoms with Gasteiger partial charge in [0.05, 0.1) is 7.11 Å². The number of nitrogens with zero attached hydrogens (tertiary/aromatic N) is 1. The van der Waals surface area contributed by atoms with E-state index in [0.717, 1.165) is 29.7 Å². The van der Waals surface area contributed by atoms with Gasteiger partial charge in [-0.1, -0.05) is 36.7 Å². The molecule has 0 spiro atoms. The standard InChI is InChI=1S/C23H28ClNO4/c1-15(11-18(26)12-16-7-5-6-8-19(16)24)21-17(9-10-25(2)3)13-20-22(23(21)27-4)29-14-28-20/h5-8,13,15H,9-12,14H2,1-4H3. The topological polar surface area (TPSA) is 48.0 Å². The van der Waals surface area contributed by atoms with Crippen molar-refractivity contribution >= 4 is 17.4 Å². The molecule has 0 N–H and O–H groups in total. The summed E-state index contributed by atoms with van der Waals surface area (Å²) in [5.41, 5.74) is 3.00. The lowest BCUT2D eigenvalue weighted by Gasteiger charge is -2.22. The highest BCUT2D eigenvalue weighted by molar-refractivity contribution is 6.31. The Morgan fingerprint density at radius 1 is 1.24 bits per heavy atom. The quantitative estimate of drug-likeness (QED) is 0.601. The Bertz CT molecular complexity index is 881. The van der Waals surface area contributed by atoms with Crippen LogP contribution in [0.25, 0.3) is 0 Å². The van der Waals surface area contributed by atoms with Gasteiger partial charge in [-0.3, -0.25) is 4.79 Å². The predicted octanol–water partition coefficient (Wildman–Crippen LogP) is 4.49. The summed E-state index contributed by atoms with van der Waals surface area (Å²) < 4.78 is 17.0. The number of hydrogen-bond donors (Lipinski definition) is 0.